The van der Waals surface area contributed by atoms with E-state index in [-0.39, 0.29) is 6.10 Å². The molecule has 3 nitrogen and oxygen atoms in total. The first-order valence-electron chi connectivity index (χ1n) is 8.36. The number of rotatable bonds is 6. The van der Waals surface area contributed by atoms with E-state index < -0.39 is 0 Å². The molecule has 3 aromatic rings. The van der Waals surface area contributed by atoms with Gasteiger partial charge in [0, 0.05) is 46.3 Å². The maximum atomic E-state index is 9.47. The molecule has 0 aliphatic carbocycles. The molecule has 0 saturated heterocycles. The van der Waals surface area contributed by atoms with Crippen LogP contribution in [0.5, 0.6) is 0 Å². The Bertz CT molecular complexity index is 887. The lowest BCUT2D eigenvalue weighted by atomic mass is 10.1. The molecule has 132 valence electrons. The Labute approximate surface area is 158 Å². The molecular formula is C20H22Cl2N2O. The van der Waals surface area contributed by atoms with Gasteiger partial charge >= 0.3 is 0 Å². The highest BCUT2D eigenvalue weighted by atomic mass is 35.5. The molecule has 5 heteroatoms. The predicted octanol–water partition coefficient (Wildman–Crippen LogP) is 4.78. The average molecular weight is 377 g/mol. The van der Waals surface area contributed by atoms with Gasteiger partial charge in [0.2, 0.25) is 0 Å². The summed E-state index contributed by atoms with van der Waals surface area (Å²) in [6, 6.07) is 14.0. The van der Waals surface area contributed by atoms with Crippen LogP contribution < -0.4 is 5.32 Å². The lowest BCUT2D eigenvalue weighted by molar-refractivity contribution is 0.191. The number of aliphatic hydroxyl groups is 1. The van der Waals surface area contributed by atoms with Crippen LogP contribution in [-0.2, 0) is 13.1 Å². The molecule has 2 aromatic carbocycles. The first kappa shape index (κ1) is 18.3. The minimum absolute atomic E-state index is 0.360. The van der Waals surface area contributed by atoms with Crippen LogP contribution >= 0.6 is 23.2 Å². The Kier molecular flexibility index (Phi) is 5.70. The molecule has 3 rings (SSSR count). The van der Waals surface area contributed by atoms with Crippen molar-refractivity contribution in [3.63, 3.8) is 0 Å². The molecule has 0 fully saturated rings. The number of benzene rings is 2. The fourth-order valence-electron chi connectivity index (χ4n) is 3.16. The molecule has 0 unspecified atom stereocenters. The van der Waals surface area contributed by atoms with E-state index in [1.807, 2.05) is 12.1 Å². The largest absolute Gasteiger partial charge is 0.392 e. The number of para-hydroxylation sites is 1. The van der Waals surface area contributed by atoms with Crippen LogP contribution in [0.3, 0.4) is 0 Å². The monoisotopic (exact) mass is 376 g/mol. The van der Waals surface area contributed by atoms with Crippen LogP contribution in [0.1, 0.15) is 23.7 Å². The predicted molar refractivity (Wildman–Crippen MR) is 106 cm³/mol. The molecule has 0 aliphatic heterocycles. The molecule has 0 saturated carbocycles. The SMILES string of the molecule is Cc1c(CNC[C@@H](C)O)c2ccccc2n1Cc1ccc(Cl)cc1Cl. The summed E-state index contributed by atoms with van der Waals surface area (Å²) in [5.74, 6) is 0. The lowest BCUT2D eigenvalue weighted by Gasteiger charge is -2.11. The van der Waals surface area contributed by atoms with Gasteiger partial charge in [0.25, 0.3) is 0 Å². The molecule has 0 bridgehead atoms. The highest BCUT2D eigenvalue weighted by Crippen LogP contribution is 2.29. The topological polar surface area (TPSA) is 37.2 Å². The summed E-state index contributed by atoms with van der Waals surface area (Å²) in [4.78, 5) is 0. The normalized spacial score (nSPS) is 12.7. The Morgan fingerprint density at radius 2 is 1.92 bits per heavy atom. The van der Waals surface area contributed by atoms with E-state index in [1.165, 1.54) is 22.2 Å². The summed E-state index contributed by atoms with van der Waals surface area (Å²) in [7, 11) is 0. The van der Waals surface area contributed by atoms with Crippen molar-refractivity contribution in [2.24, 2.45) is 0 Å². The number of nitrogens with zero attached hydrogens (tertiary/aromatic N) is 1. The molecule has 0 aliphatic rings. The number of aliphatic hydroxyl groups excluding tert-OH is 1. The molecule has 1 atom stereocenters. The van der Waals surface area contributed by atoms with Crippen molar-refractivity contribution in [1.82, 2.24) is 9.88 Å². The summed E-state index contributed by atoms with van der Waals surface area (Å²) in [5, 5.41) is 15.3. The summed E-state index contributed by atoms with van der Waals surface area (Å²) < 4.78 is 2.28. The van der Waals surface area contributed by atoms with E-state index in [0.29, 0.717) is 23.1 Å². The Balaban J connectivity index is 1.98. The van der Waals surface area contributed by atoms with Crippen molar-refractivity contribution >= 4 is 34.1 Å². The average Bonchev–Trinajstić information content (AvgIpc) is 2.83. The van der Waals surface area contributed by atoms with Gasteiger partial charge in [-0.2, -0.15) is 0 Å². The van der Waals surface area contributed by atoms with E-state index in [1.54, 1.807) is 13.0 Å². The molecule has 0 amide bonds. The number of aromatic nitrogens is 1. The first-order chi connectivity index (χ1) is 12.0. The van der Waals surface area contributed by atoms with Crippen molar-refractivity contribution < 1.29 is 5.11 Å². The van der Waals surface area contributed by atoms with Crippen molar-refractivity contribution in [2.45, 2.75) is 33.0 Å². The zero-order valence-electron chi connectivity index (χ0n) is 14.4. The standard InChI is InChI=1S/C20H22Cl2N2O/c1-13(25)10-23-11-18-14(2)24(20-6-4-3-5-17(18)20)12-15-7-8-16(21)9-19(15)22/h3-9,13,23,25H,10-12H2,1-2H3/t13-/m1/s1. The molecule has 1 aromatic heterocycles. The van der Waals surface area contributed by atoms with Crippen LogP contribution in [0.15, 0.2) is 42.5 Å². The Hall–Kier alpha value is -1.52. The van der Waals surface area contributed by atoms with Gasteiger partial charge < -0.3 is 15.0 Å². The third kappa shape index (κ3) is 4.01. The molecule has 2 N–H and O–H groups in total. The maximum absolute atomic E-state index is 9.47. The van der Waals surface area contributed by atoms with Gasteiger partial charge in [-0.3, -0.25) is 0 Å². The van der Waals surface area contributed by atoms with Gasteiger partial charge in [-0.05, 0) is 43.2 Å². The smallest absolute Gasteiger partial charge is 0.0636 e. The van der Waals surface area contributed by atoms with Gasteiger partial charge in [-0.1, -0.05) is 47.5 Å². The van der Waals surface area contributed by atoms with E-state index in [4.69, 9.17) is 23.2 Å². The summed E-state index contributed by atoms with van der Waals surface area (Å²) in [6.07, 6.45) is -0.360. The number of halogens is 2. The van der Waals surface area contributed by atoms with Crippen LogP contribution in [0, 0.1) is 6.92 Å². The van der Waals surface area contributed by atoms with Crippen molar-refractivity contribution in [3.05, 3.63) is 69.3 Å². The van der Waals surface area contributed by atoms with Crippen molar-refractivity contribution in [2.75, 3.05) is 6.54 Å². The molecule has 0 radical (unpaired) electrons. The van der Waals surface area contributed by atoms with Gasteiger partial charge in [0.1, 0.15) is 0 Å². The molecular weight excluding hydrogens is 355 g/mol. The van der Waals surface area contributed by atoms with Crippen LogP contribution in [-0.4, -0.2) is 22.3 Å². The fraction of sp³-hybridized carbons (Fsp3) is 0.300. The van der Waals surface area contributed by atoms with Crippen LogP contribution in [0.25, 0.3) is 10.9 Å². The molecule has 1 heterocycles. The summed E-state index contributed by atoms with van der Waals surface area (Å²) >= 11 is 12.4. The summed E-state index contributed by atoms with van der Waals surface area (Å²) in [6.45, 7) is 5.90. The van der Waals surface area contributed by atoms with Crippen LogP contribution in [0.4, 0.5) is 0 Å². The van der Waals surface area contributed by atoms with Crippen LogP contribution in [0.2, 0.25) is 10.0 Å². The van der Waals surface area contributed by atoms with E-state index in [2.05, 4.69) is 41.1 Å². The highest BCUT2D eigenvalue weighted by Gasteiger charge is 2.15. The minimum atomic E-state index is -0.360. The van der Waals surface area contributed by atoms with E-state index in [9.17, 15) is 5.11 Å². The number of nitrogens with one attached hydrogen (secondary N) is 1. The molecule has 0 spiro atoms. The summed E-state index contributed by atoms with van der Waals surface area (Å²) in [5.41, 5.74) is 4.67. The minimum Gasteiger partial charge on any atom is -0.392 e. The number of fused-ring (bicyclic) bond motifs is 1. The zero-order chi connectivity index (χ0) is 18.0. The quantitative estimate of drug-likeness (QED) is 0.649. The second kappa shape index (κ2) is 7.79. The first-order valence-corrected chi connectivity index (χ1v) is 9.12. The van der Waals surface area contributed by atoms with Gasteiger partial charge in [0.15, 0.2) is 0 Å². The lowest BCUT2D eigenvalue weighted by Crippen LogP contribution is -2.24. The fourth-order valence-corrected chi connectivity index (χ4v) is 3.62. The third-order valence-corrected chi connectivity index (χ3v) is 5.03. The van der Waals surface area contributed by atoms with E-state index in [0.717, 1.165) is 12.1 Å². The number of hydrogen-bond acceptors (Lipinski definition) is 2. The maximum Gasteiger partial charge on any atom is 0.0636 e. The van der Waals surface area contributed by atoms with E-state index >= 15 is 0 Å². The Morgan fingerprint density at radius 3 is 2.64 bits per heavy atom. The second-order valence-electron chi connectivity index (χ2n) is 6.38. The van der Waals surface area contributed by atoms with Crippen molar-refractivity contribution in [3.8, 4) is 0 Å². The van der Waals surface area contributed by atoms with Crippen molar-refractivity contribution in [1.29, 1.82) is 0 Å². The van der Waals surface area contributed by atoms with Gasteiger partial charge in [-0.15, -0.1) is 0 Å². The molecule has 25 heavy (non-hydrogen) atoms. The third-order valence-electron chi connectivity index (χ3n) is 4.45. The zero-order valence-corrected chi connectivity index (χ0v) is 15.9. The highest BCUT2D eigenvalue weighted by molar-refractivity contribution is 6.35. The number of hydrogen-bond donors (Lipinski definition) is 2. The van der Waals surface area contributed by atoms with Gasteiger partial charge in [-0.25, -0.2) is 0 Å². The second-order valence-corrected chi connectivity index (χ2v) is 7.23. The Morgan fingerprint density at radius 1 is 1.16 bits per heavy atom. The van der Waals surface area contributed by atoms with Gasteiger partial charge in [0.05, 0.1) is 6.10 Å².